The lowest BCUT2D eigenvalue weighted by Gasteiger charge is -2.27. The molecule has 0 radical (unpaired) electrons. The Bertz CT molecular complexity index is 825. The molecular weight excluding hydrogens is 292 g/mol. The third kappa shape index (κ3) is 2.67. The predicted molar refractivity (Wildman–Crippen MR) is 81.1 cm³/mol. The molecule has 0 aliphatic carbocycles. The van der Waals surface area contributed by atoms with Crippen molar-refractivity contribution in [2.75, 3.05) is 0 Å². The molecule has 1 aliphatic rings. The van der Waals surface area contributed by atoms with Crippen LogP contribution in [0.5, 0.6) is 0 Å². The minimum atomic E-state index is -0.689. The molecule has 1 N–H and O–H groups in total. The van der Waals surface area contributed by atoms with Gasteiger partial charge in [0, 0.05) is 23.8 Å². The summed E-state index contributed by atoms with van der Waals surface area (Å²) in [5, 5.41) is 11.7. The number of imide groups is 1. The molecular formula is C17H15N4O2+. The van der Waals surface area contributed by atoms with Crippen molar-refractivity contribution in [1.82, 2.24) is 5.32 Å². The van der Waals surface area contributed by atoms with Gasteiger partial charge < -0.3 is 5.41 Å². The largest absolute Gasteiger partial charge is 0.763 e. The summed E-state index contributed by atoms with van der Waals surface area (Å²) in [6.45, 7) is 0. The second-order valence-corrected chi connectivity index (χ2v) is 5.39. The van der Waals surface area contributed by atoms with E-state index in [9.17, 15) is 15.0 Å². The van der Waals surface area contributed by atoms with Crippen molar-refractivity contribution >= 4 is 17.7 Å². The molecule has 2 aromatic rings. The van der Waals surface area contributed by atoms with Crippen LogP contribution in [0, 0.1) is 0 Å². The second-order valence-electron chi connectivity index (χ2n) is 5.39. The van der Waals surface area contributed by atoms with Crippen molar-refractivity contribution in [2.45, 2.75) is 12.0 Å². The van der Waals surface area contributed by atoms with Gasteiger partial charge in [-0.25, -0.2) is 4.57 Å². The quantitative estimate of drug-likeness (QED) is 0.365. The van der Waals surface area contributed by atoms with E-state index < -0.39 is 23.8 Å². The molecule has 0 unspecified atom stereocenters. The van der Waals surface area contributed by atoms with Crippen LogP contribution < -0.4 is 14.5 Å². The molecule has 0 aromatic carbocycles. The number of nitrogens with zero attached hydrogens (tertiary/aromatic N) is 3. The van der Waals surface area contributed by atoms with E-state index in [0.717, 1.165) is 5.56 Å². The molecule has 6 nitrogen and oxygen atoms in total. The number of rotatable bonds is 2. The molecule has 23 heavy (non-hydrogen) atoms. The Labute approximate surface area is 133 Å². The molecule has 3 rings (SSSR count). The normalized spacial score (nSPS) is 20.8. The molecule has 2 aromatic heterocycles. The minimum Gasteiger partial charge on any atom is -0.763 e. The lowest BCUT2D eigenvalue weighted by molar-refractivity contribution is -0.712. The van der Waals surface area contributed by atoms with Crippen molar-refractivity contribution in [3.8, 4) is 0 Å². The van der Waals surface area contributed by atoms with Gasteiger partial charge in [-0.2, -0.15) is 4.57 Å². The van der Waals surface area contributed by atoms with Gasteiger partial charge in [-0.05, 0) is 6.07 Å². The highest BCUT2D eigenvalue weighted by Crippen LogP contribution is 2.33. The summed E-state index contributed by atoms with van der Waals surface area (Å²) in [6, 6.07) is 8.41. The monoisotopic (exact) mass is 307 g/mol. The third-order valence-electron chi connectivity index (χ3n) is 3.88. The number of carbonyl (C=O) groups excluding carboxylic acids is 2. The molecule has 1 aliphatic heterocycles. The van der Waals surface area contributed by atoms with Crippen LogP contribution in [-0.2, 0) is 16.6 Å². The fourth-order valence-electron chi connectivity index (χ4n) is 2.87. The first-order chi connectivity index (χ1) is 11.1. The lowest BCUT2D eigenvalue weighted by atomic mass is 9.82. The maximum absolute atomic E-state index is 12.5. The van der Waals surface area contributed by atoms with Gasteiger partial charge in [-0.3, -0.25) is 20.8 Å². The zero-order valence-electron chi connectivity index (χ0n) is 12.5. The first kappa shape index (κ1) is 14.8. The Balaban J connectivity index is 2.20. The van der Waals surface area contributed by atoms with Gasteiger partial charge in [0.2, 0.25) is 6.04 Å². The molecule has 2 atom stereocenters. The van der Waals surface area contributed by atoms with E-state index in [-0.39, 0.29) is 5.57 Å². The van der Waals surface area contributed by atoms with E-state index in [0.29, 0.717) is 0 Å². The highest BCUT2D eigenvalue weighted by Gasteiger charge is 2.47. The molecule has 1 saturated heterocycles. The second kappa shape index (κ2) is 5.94. The number of hydrogen-bond donors (Lipinski definition) is 1. The van der Waals surface area contributed by atoms with Crippen molar-refractivity contribution < 1.29 is 18.7 Å². The first-order valence-electron chi connectivity index (χ1n) is 7.15. The summed E-state index contributed by atoms with van der Waals surface area (Å²) < 4.78 is 3.55. The van der Waals surface area contributed by atoms with Crippen LogP contribution in [0.1, 0.15) is 17.5 Å². The molecule has 0 bridgehead atoms. The fourth-order valence-corrected chi connectivity index (χ4v) is 2.87. The van der Waals surface area contributed by atoms with Crippen LogP contribution in [-0.4, -0.2) is 17.7 Å². The molecule has 2 amide bonds. The van der Waals surface area contributed by atoms with Crippen LogP contribution in [0.3, 0.4) is 0 Å². The number of pyridine rings is 2. The molecule has 6 heteroatoms. The van der Waals surface area contributed by atoms with Gasteiger partial charge in [-0.15, -0.1) is 0 Å². The molecule has 3 heterocycles. The highest BCUT2D eigenvalue weighted by molar-refractivity contribution is 6.14. The van der Waals surface area contributed by atoms with Gasteiger partial charge in [0.15, 0.2) is 24.8 Å². The Kier molecular flexibility index (Phi) is 3.83. The Hall–Kier alpha value is -3.11. The Morgan fingerprint density at radius 2 is 1.87 bits per heavy atom. The number of amides is 2. The van der Waals surface area contributed by atoms with Crippen molar-refractivity contribution in [3.05, 3.63) is 71.7 Å². The van der Waals surface area contributed by atoms with Crippen LogP contribution in [0.25, 0.3) is 5.41 Å². The van der Waals surface area contributed by atoms with E-state index in [4.69, 9.17) is 0 Å². The molecule has 0 saturated carbocycles. The number of aromatic nitrogens is 2. The van der Waals surface area contributed by atoms with Gasteiger partial charge >= 0.3 is 0 Å². The fraction of sp³-hybridized carbons (Fsp3) is 0.176. The zero-order chi connectivity index (χ0) is 16.4. The van der Waals surface area contributed by atoms with Gasteiger partial charge in [-0.1, -0.05) is 6.07 Å². The zero-order valence-corrected chi connectivity index (χ0v) is 12.5. The van der Waals surface area contributed by atoms with Crippen molar-refractivity contribution in [1.29, 1.82) is 0 Å². The predicted octanol–water partition coefficient (Wildman–Crippen LogP) is -0.0546. The Morgan fingerprint density at radius 3 is 2.52 bits per heavy atom. The number of piperidine rings is 1. The first-order valence-corrected chi connectivity index (χ1v) is 7.15. The minimum absolute atomic E-state index is 0.0390. The van der Waals surface area contributed by atoms with E-state index in [1.807, 2.05) is 48.1 Å². The van der Waals surface area contributed by atoms with Crippen LogP contribution >= 0.6 is 0 Å². The number of nitrogens with one attached hydrogen (secondary N) is 1. The molecule has 1 fully saturated rings. The summed E-state index contributed by atoms with van der Waals surface area (Å²) in [5.74, 6) is 0.309. The number of hydrogen-bond acceptors (Lipinski definition) is 2. The summed E-state index contributed by atoms with van der Waals surface area (Å²) in [7, 11) is 1.85. The average molecular weight is 307 g/mol. The lowest BCUT2D eigenvalue weighted by Crippen LogP contribution is -2.57. The standard InChI is InChI=1S/C17H14N4O2/c1-20-7-5-6-12(11-20)14-13(10-18)16(22)19-17(23)15(14)21-8-3-2-4-9-21/h2-9,11,14-15H,1H3/p+1/t14-,15+/m0/s1. The third-order valence-corrected chi connectivity index (χ3v) is 3.88. The smallest absolute Gasteiger partial charge is 0.296 e. The summed E-state index contributed by atoms with van der Waals surface area (Å²) in [5.41, 5.74) is 0.785. The van der Waals surface area contributed by atoms with E-state index in [1.165, 1.54) is 0 Å². The van der Waals surface area contributed by atoms with Gasteiger partial charge in [0.1, 0.15) is 7.05 Å². The molecule has 0 spiro atoms. The SMILES string of the molecule is C[n+]1cccc([C@H]2C(=C=[N-])C(=O)NC(=O)[C@@H]2[n+]2ccccc2)c1. The van der Waals surface area contributed by atoms with Crippen molar-refractivity contribution in [2.24, 2.45) is 7.05 Å². The maximum Gasteiger partial charge on any atom is 0.296 e. The average Bonchev–Trinajstić information content (AvgIpc) is 2.55. The van der Waals surface area contributed by atoms with Crippen LogP contribution in [0.2, 0.25) is 0 Å². The van der Waals surface area contributed by atoms with Crippen LogP contribution in [0.4, 0.5) is 0 Å². The summed E-state index contributed by atoms with van der Waals surface area (Å²) in [4.78, 5) is 24.5. The Morgan fingerprint density at radius 1 is 1.13 bits per heavy atom. The summed E-state index contributed by atoms with van der Waals surface area (Å²) in [6.07, 6.45) is 7.19. The number of aryl methyl sites for hydroxylation is 1. The summed E-state index contributed by atoms with van der Waals surface area (Å²) >= 11 is 0. The van der Waals surface area contributed by atoms with Gasteiger partial charge in [0.25, 0.3) is 11.8 Å². The van der Waals surface area contributed by atoms with Crippen molar-refractivity contribution in [3.63, 3.8) is 0 Å². The number of carbonyl (C=O) groups is 2. The van der Waals surface area contributed by atoms with Crippen LogP contribution in [0.15, 0.2) is 60.7 Å². The molecule has 114 valence electrons. The maximum atomic E-state index is 12.5. The van der Waals surface area contributed by atoms with E-state index >= 15 is 0 Å². The highest BCUT2D eigenvalue weighted by atomic mass is 16.2. The van der Waals surface area contributed by atoms with E-state index in [2.05, 4.69) is 5.32 Å². The van der Waals surface area contributed by atoms with E-state index in [1.54, 1.807) is 29.1 Å². The topological polar surface area (TPSA) is 76.2 Å². The van der Waals surface area contributed by atoms with Gasteiger partial charge in [0.05, 0.1) is 11.5 Å².